The van der Waals surface area contributed by atoms with Crippen molar-refractivity contribution in [1.29, 1.82) is 0 Å². The van der Waals surface area contributed by atoms with Crippen molar-refractivity contribution in [1.82, 2.24) is 4.90 Å². The molecular formula is C19H21NO5. The van der Waals surface area contributed by atoms with Gasteiger partial charge < -0.3 is 18.9 Å². The Balaban J connectivity index is 1.69. The van der Waals surface area contributed by atoms with Crippen LogP contribution in [0.3, 0.4) is 0 Å². The van der Waals surface area contributed by atoms with Gasteiger partial charge in [0, 0.05) is 33.2 Å². The molecule has 1 aliphatic carbocycles. The highest BCUT2D eigenvalue weighted by Gasteiger charge is 2.60. The SMILES string of the molecule is CO[C@@H]1C=C[C@@]23c4cc5c(cc4CN(C[C@H]2OC(C)=O)[C@@H]3C1)OCO5. The fourth-order valence-electron chi connectivity index (χ4n) is 5.00. The molecule has 6 heteroatoms. The topological polar surface area (TPSA) is 57.2 Å². The van der Waals surface area contributed by atoms with Crippen LogP contribution in [-0.2, 0) is 26.2 Å². The minimum absolute atomic E-state index is 0.0901. The number of hydrogen-bond acceptors (Lipinski definition) is 6. The van der Waals surface area contributed by atoms with Crippen LogP contribution in [0.2, 0.25) is 0 Å². The van der Waals surface area contributed by atoms with Gasteiger partial charge in [0.25, 0.3) is 0 Å². The minimum Gasteiger partial charge on any atom is -0.460 e. The van der Waals surface area contributed by atoms with Crippen LogP contribution < -0.4 is 9.47 Å². The smallest absolute Gasteiger partial charge is 0.302 e. The maximum atomic E-state index is 11.7. The first-order valence-electron chi connectivity index (χ1n) is 8.68. The highest BCUT2D eigenvalue weighted by molar-refractivity contribution is 5.67. The van der Waals surface area contributed by atoms with E-state index in [1.165, 1.54) is 18.1 Å². The van der Waals surface area contributed by atoms with E-state index in [-0.39, 0.29) is 36.4 Å². The van der Waals surface area contributed by atoms with Crippen molar-refractivity contribution < 1.29 is 23.7 Å². The molecule has 0 amide bonds. The summed E-state index contributed by atoms with van der Waals surface area (Å²) in [5.74, 6) is 1.33. The summed E-state index contributed by atoms with van der Waals surface area (Å²) < 4.78 is 22.5. The average molecular weight is 343 g/mol. The standard InChI is InChI=1S/C19H21NO5/c1-11(21)25-18-9-20-8-12-5-15-16(24-10-23-15)7-14(12)19(18)4-3-13(22-2)6-17(19)20/h3-5,7,13,17-18H,6,8-10H2,1-2H3/t13-,17-,18-,19+/m1/s1. The fourth-order valence-corrected chi connectivity index (χ4v) is 5.00. The molecular weight excluding hydrogens is 322 g/mol. The summed E-state index contributed by atoms with van der Waals surface area (Å²) in [4.78, 5) is 14.2. The lowest BCUT2D eigenvalue weighted by Crippen LogP contribution is -2.52. The first-order valence-corrected chi connectivity index (χ1v) is 8.68. The van der Waals surface area contributed by atoms with Crippen LogP contribution >= 0.6 is 0 Å². The van der Waals surface area contributed by atoms with Gasteiger partial charge in [0.15, 0.2) is 11.5 Å². The van der Waals surface area contributed by atoms with Crippen molar-refractivity contribution in [2.24, 2.45) is 0 Å². The van der Waals surface area contributed by atoms with Crippen molar-refractivity contribution in [3.8, 4) is 11.5 Å². The summed E-state index contributed by atoms with van der Waals surface area (Å²) in [7, 11) is 1.74. The predicted octanol–water partition coefficient (Wildman–Crippen LogP) is 1.76. The van der Waals surface area contributed by atoms with Gasteiger partial charge in [0.2, 0.25) is 6.79 Å². The molecule has 25 heavy (non-hydrogen) atoms. The molecule has 0 spiro atoms. The fraction of sp³-hybridized carbons (Fsp3) is 0.526. The maximum absolute atomic E-state index is 11.7. The van der Waals surface area contributed by atoms with Crippen molar-refractivity contribution in [2.75, 3.05) is 20.4 Å². The van der Waals surface area contributed by atoms with Crippen molar-refractivity contribution in [3.05, 3.63) is 35.4 Å². The average Bonchev–Trinajstić information content (AvgIpc) is 3.13. The molecule has 2 bridgehead atoms. The molecule has 132 valence electrons. The number of fused-ring (bicyclic) bond motifs is 2. The van der Waals surface area contributed by atoms with Gasteiger partial charge in [-0.1, -0.05) is 12.2 Å². The van der Waals surface area contributed by atoms with Gasteiger partial charge in [-0.05, 0) is 29.7 Å². The third kappa shape index (κ3) is 2.01. The van der Waals surface area contributed by atoms with E-state index in [2.05, 4.69) is 29.2 Å². The molecule has 5 rings (SSSR count). The van der Waals surface area contributed by atoms with Gasteiger partial charge in [0.1, 0.15) is 6.10 Å². The summed E-state index contributed by atoms with van der Waals surface area (Å²) >= 11 is 0. The van der Waals surface area contributed by atoms with Crippen LogP contribution in [0.1, 0.15) is 24.5 Å². The summed E-state index contributed by atoms with van der Waals surface area (Å²) in [6, 6.07) is 4.41. The Bertz CT molecular complexity index is 775. The van der Waals surface area contributed by atoms with Gasteiger partial charge in [0.05, 0.1) is 11.5 Å². The van der Waals surface area contributed by atoms with Crippen LogP contribution in [-0.4, -0.2) is 49.6 Å². The quantitative estimate of drug-likeness (QED) is 0.602. The number of nitrogens with zero attached hydrogens (tertiary/aromatic N) is 1. The highest BCUT2D eigenvalue weighted by atomic mass is 16.7. The molecule has 1 fully saturated rings. The van der Waals surface area contributed by atoms with Crippen molar-refractivity contribution >= 4 is 5.97 Å². The summed E-state index contributed by atoms with van der Waals surface area (Å²) in [5.41, 5.74) is 2.05. The van der Waals surface area contributed by atoms with Crippen LogP contribution in [0, 0.1) is 0 Å². The van der Waals surface area contributed by atoms with E-state index in [0.29, 0.717) is 0 Å². The Morgan fingerprint density at radius 1 is 1.32 bits per heavy atom. The Labute approximate surface area is 146 Å². The molecule has 1 aromatic carbocycles. The van der Waals surface area contributed by atoms with E-state index in [1.807, 2.05) is 0 Å². The molecule has 4 aliphatic rings. The second-order valence-electron chi connectivity index (χ2n) is 7.21. The normalized spacial score (nSPS) is 36.7. The molecule has 1 unspecified atom stereocenters. The van der Waals surface area contributed by atoms with Gasteiger partial charge in [-0.25, -0.2) is 0 Å². The number of benzene rings is 1. The molecule has 0 radical (unpaired) electrons. The number of esters is 1. The van der Waals surface area contributed by atoms with Crippen LogP contribution in [0.4, 0.5) is 0 Å². The van der Waals surface area contributed by atoms with Gasteiger partial charge in [-0.15, -0.1) is 0 Å². The second kappa shape index (κ2) is 5.22. The molecule has 1 aromatic rings. The van der Waals surface area contributed by atoms with Crippen LogP contribution in [0.15, 0.2) is 24.3 Å². The van der Waals surface area contributed by atoms with E-state index in [4.69, 9.17) is 18.9 Å². The second-order valence-corrected chi connectivity index (χ2v) is 7.21. The van der Waals surface area contributed by atoms with E-state index >= 15 is 0 Å². The molecule has 0 saturated carbocycles. The van der Waals surface area contributed by atoms with E-state index in [1.54, 1.807) is 7.11 Å². The van der Waals surface area contributed by atoms with E-state index < -0.39 is 0 Å². The zero-order chi connectivity index (χ0) is 17.2. The molecule has 5 atom stereocenters. The summed E-state index contributed by atoms with van der Waals surface area (Å²) in [5, 5.41) is 0. The molecule has 3 aliphatic heterocycles. The Kier molecular flexibility index (Phi) is 3.18. The first kappa shape index (κ1) is 15.2. The summed E-state index contributed by atoms with van der Waals surface area (Å²) in [6.45, 7) is 3.29. The Hall–Kier alpha value is -2.05. The zero-order valence-corrected chi connectivity index (χ0v) is 14.4. The molecule has 0 aromatic heterocycles. The minimum atomic E-state index is -0.352. The Morgan fingerprint density at radius 2 is 2.12 bits per heavy atom. The lowest BCUT2D eigenvalue weighted by Gasteiger charge is -2.46. The maximum Gasteiger partial charge on any atom is 0.302 e. The predicted molar refractivity (Wildman–Crippen MR) is 88.5 cm³/mol. The molecule has 1 saturated heterocycles. The number of carbonyl (C=O) groups is 1. The molecule has 3 heterocycles. The highest BCUT2D eigenvalue weighted by Crippen LogP contribution is 2.54. The lowest BCUT2D eigenvalue weighted by atomic mass is 9.65. The third-order valence-electron chi connectivity index (χ3n) is 6.02. The number of hydrogen-bond donors (Lipinski definition) is 0. The van der Waals surface area contributed by atoms with Crippen molar-refractivity contribution in [2.45, 2.75) is 43.6 Å². The number of rotatable bonds is 2. The monoisotopic (exact) mass is 343 g/mol. The largest absolute Gasteiger partial charge is 0.460 e. The number of carbonyl (C=O) groups excluding carboxylic acids is 1. The van der Waals surface area contributed by atoms with Crippen molar-refractivity contribution in [3.63, 3.8) is 0 Å². The third-order valence-corrected chi connectivity index (χ3v) is 6.02. The van der Waals surface area contributed by atoms with E-state index in [9.17, 15) is 4.79 Å². The van der Waals surface area contributed by atoms with Gasteiger partial charge in [-0.3, -0.25) is 9.69 Å². The van der Waals surface area contributed by atoms with Crippen LogP contribution in [0.5, 0.6) is 11.5 Å². The summed E-state index contributed by atoms with van der Waals surface area (Å²) in [6.07, 6.45) is 5.08. The Morgan fingerprint density at radius 3 is 2.88 bits per heavy atom. The van der Waals surface area contributed by atoms with Gasteiger partial charge >= 0.3 is 5.97 Å². The van der Waals surface area contributed by atoms with Gasteiger partial charge in [-0.2, -0.15) is 0 Å². The van der Waals surface area contributed by atoms with Crippen LogP contribution in [0.25, 0.3) is 0 Å². The number of methoxy groups -OCH3 is 1. The molecule has 6 nitrogen and oxygen atoms in total. The number of ether oxygens (including phenoxy) is 4. The van der Waals surface area contributed by atoms with E-state index in [0.717, 1.165) is 31.0 Å². The molecule has 0 N–H and O–H groups in total. The first-order chi connectivity index (χ1) is 12.1. The lowest BCUT2D eigenvalue weighted by molar-refractivity contribution is -0.147. The zero-order valence-electron chi connectivity index (χ0n) is 14.4.